The van der Waals surface area contributed by atoms with Crippen LogP contribution in [0.15, 0.2) is 35.4 Å². The van der Waals surface area contributed by atoms with E-state index in [9.17, 15) is 4.79 Å². The number of hydrogen-bond acceptors (Lipinski definition) is 5. The number of anilines is 1. The molecule has 0 saturated heterocycles. The second kappa shape index (κ2) is 7.19. The van der Waals surface area contributed by atoms with Crippen LogP contribution < -0.4 is 10.5 Å². The summed E-state index contributed by atoms with van der Waals surface area (Å²) in [6.45, 7) is 1.58. The van der Waals surface area contributed by atoms with Gasteiger partial charge in [-0.3, -0.25) is 4.79 Å². The van der Waals surface area contributed by atoms with Crippen LogP contribution in [0, 0.1) is 0 Å². The lowest BCUT2D eigenvalue weighted by atomic mass is 10.3. The molecule has 0 spiro atoms. The third-order valence-corrected chi connectivity index (χ3v) is 3.42. The van der Waals surface area contributed by atoms with E-state index in [2.05, 4.69) is 10.1 Å². The number of aromatic nitrogens is 3. The van der Waals surface area contributed by atoms with Crippen molar-refractivity contribution in [1.82, 2.24) is 14.8 Å². The summed E-state index contributed by atoms with van der Waals surface area (Å²) in [7, 11) is 3.53. The molecule has 0 aliphatic carbocycles. The molecule has 7 heteroatoms. The van der Waals surface area contributed by atoms with Gasteiger partial charge in [0.2, 0.25) is 0 Å². The third-order valence-electron chi connectivity index (χ3n) is 3.08. The third kappa shape index (κ3) is 4.03. The minimum atomic E-state index is -0.184. The Morgan fingerprint density at radius 1 is 1.48 bits per heavy atom. The van der Waals surface area contributed by atoms with E-state index in [4.69, 9.17) is 16.3 Å². The molecule has 0 atom stereocenters. The van der Waals surface area contributed by atoms with Crippen LogP contribution in [0.1, 0.15) is 5.56 Å². The number of nitrogens with zero attached hydrogens (tertiary/aromatic N) is 4. The fourth-order valence-electron chi connectivity index (χ4n) is 1.81. The van der Waals surface area contributed by atoms with Gasteiger partial charge in [-0.05, 0) is 6.07 Å². The van der Waals surface area contributed by atoms with Crippen LogP contribution in [0.25, 0.3) is 0 Å². The quantitative estimate of drug-likeness (QED) is 0.755. The molecule has 2 heterocycles. The summed E-state index contributed by atoms with van der Waals surface area (Å²) in [6.07, 6.45) is 3.26. The molecule has 0 aliphatic heterocycles. The molecule has 0 aromatic carbocycles. The SMILES string of the molecule is COCCN(C)c1cnn(Cc2cccnc2Cl)c(=O)c1. The summed E-state index contributed by atoms with van der Waals surface area (Å²) in [5.41, 5.74) is 1.33. The molecule has 6 nitrogen and oxygen atoms in total. The van der Waals surface area contributed by atoms with Gasteiger partial charge in [0.05, 0.1) is 25.0 Å². The molecule has 21 heavy (non-hydrogen) atoms. The van der Waals surface area contributed by atoms with Crippen LogP contribution in [0.5, 0.6) is 0 Å². The van der Waals surface area contributed by atoms with E-state index in [0.717, 1.165) is 11.3 Å². The average Bonchev–Trinajstić information content (AvgIpc) is 2.49. The minimum Gasteiger partial charge on any atom is -0.383 e. The lowest BCUT2D eigenvalue weighted by molar-refractivity contribution is 0.206. The Hall–Kier alpha value is -1.92. The fraction of sp³-hybridized carbons (Fsp3) is 0.357. The second-order valence-corrected chi connectivity index (χ2v) is 4.94. The van der Waals surface area contributed by atoms with Gasteiger partial charge in [-0.25, -0.2) is 9.67 Å². The van der Waals surface area contributed by atoms with Crippen molar-refractivity contribution in [3.8, 4) is 0 Å². The van der Waals surface area contributed by atoms with Crippen molar-refractivity contribution in [1.29, 1.82) is 0 Å². The highest BCUT2D eigenvalue weighted by molar-refractivity contribution is 6.30. The van der Waals surface area contributed by atoms with Crippen LogP contribution >= 0.6 is 11.6 Å². The number of halogens is 1. The highest BCUT2D eigenvalue weighted by Crippen LogP contribution is 2.12. The van der Waals surface area contributed by atoms with Crippen molar-refractivity contribution in [3.05, 3.63) is 51.7 Å². The highest BCUT2D eigenvalue weighted by Gasteiger charge is 2.07. The number of likely N-dealkylation sites (N-methyl/N-ethyl adjacent to an activating group) is 1. The van der Waals surface area contributed by atoms with E-state index in [1.165, 1.54) is 4.68 Å². The highest BCUT2D eigenvalue weighted by atomic mass is 35.5. The van der Waals surface area contributed by atoms with Crippen LogP contribution in [-0.2, 0) is 11.3 Å². The van der Waals surface area contributed by atoms with E-state index in [-0.39, 0.29) is 5.56 Å². The van der Waals surface area contributed by atoms with Crippen molar-refractivity contribution in [2.24, 2.45) is 0 Å². The smallest absolute Gasteiger partial charge is 0.269 e. The molecule has 0 saturated carbocycles. The van der Waals surface area contributed by atoms with Gasteiger partial charge in [0.25, 0.3) is 5.56 Å². The van der Waals surface area contributed by atoms with Crippen molar-refractivity contribution in [2.75, 3.05) is 32.2 Å². The number of pyridine rings is 1. The van der Waals surface area contributed by atoms with Crippen molar-refractivity contribution in [3.63, 3.8) is 0 Å². The molecule has 0 aliphatic rings. The zero-order valence-corrected chi connectivity index (χ0v) is 12.7. The Bertz CT molecular complexity index is 659. The first-order valence-corrected chi connectivity index (χ1v) is 6.86. The molecule has 0 fully saturated rings. The maximum atomic E-state index is 12.1. The Labute approximate surface area is 127 Å². The zero-order valence-electron chi connectivity index (χ0n) is 12.0. The van der Waals surface area contributed by atoms with Gasteiger partial charge in [-0.15, -0.1) is 0 Å². The minimum absolute atomic E-state index is 0.184. The monoisotopic (exact) mass is 308 g/mol. The maximum absolute atomic E-state index is 12.1. The van der Waals surface area contributed by atoms with E-state index in [0.29, 0.717) is 24.8 Å². The van der Waals surface area contributed by atoms with Gasteiger partial charge < -0.3 is 9.64 Å². The van der Waals surface area contributed by atoms with Gasteiger partial charge in [0, 0.05) is 38.5 Å². The van der Waals surface area contributed by atoms with E-state index in [1.54, 1.807) is 31.6 Å². The van der Waals surface area contributed by atoms with Gasteiger partial charge in [-0.1, -0.05) is 17.7 Å². The predicted octanol–water partition coefficient (Wildman–Crippen LogP) is 1.42. The summed E-state index contributed by atoms with van der Waals surface area (Å²) in [5, 5.41) is 4.56. The lowest BCUT2D eigenvalue weighted by Crippen LogP contribution is -2.27. The topological polar surface area (TPSA) is 60.2 Å². The van der Waals surface area contributed by atoms with E-state index < -0.39 is 0 Å². The van der Waals surface area contributed by atoms with Gasteiger partial charge in [-0.2, -0.15) is 5.10 Å². The largest absolute Gasteiger partial charge is 0.383 e. The Morgan fingerprint density at radius 3 is 2.95 bits per heavy atom. The lowest BCUT2D eigenvalue weighted by Gasteiger charge is -2.18. The van der Waals surface area contributed by atoms with Crippen molar-refractivity contribution >= 4 is 17.3 Å². The maximum Gasteiger partial charge on any atom is 0.269 e. The normalized spacial score (nSPS) is 10.6. The Balaban J connectivity index is 2.16. The van der Waals surface area contributed by atoms with Crippen molar-refractivity contribution in [2.45, 2.75) is 6.54 Å². The Morgan fingerprint density at radius 2 is 2.29 bits per heavy atom. The van der Waals surface area contributed by atoms with E-state index >= 15 is 0 Å². The second-order valence-electron chi connectivity index (χ2n) is 4.58. The van der Waals surface area contributed by atoms with Crippen LogP contribution in [0.2, 0.25) is 5.15 Å². The van der Waals surface area contributed by atoms with Crippen LogP contribution in [0.4, 0.5) is 5.69 Å². The molecule has 0 amide bonds. The summed E-state index contributed by atoms with van der Waals surface area (Å²) >= 11 is 5.99. The molecular weight excluding hydrogens is 292 g/mol. The summed E-state index contributed by atoms with van der Waals surface area (Å²) in [4.78, 5) is 18.0. The van der Waals surface area contributed by atoms with Gasteiger partial charge in [0.15, 0.2) is 0 Å². The first kappa shape index (κ1) is 15.5. The van der Waals surface area contributed by atoms with Crippen LogP contribution in [-0.4, -0.2) is 42.1 Å². The molecule has 2 rings (SSSR count). The fourth-order valence-corrected chi connectivity index (χ4v) is 1.99. The first-order chi connectivity index (χ1) is 10.1. The van der Waals surface area contributed by atoms with Crippen LogP contribution in [0.3, 0.4) is 0 Å². The number of rotatable bonds is 6. The molecule has 0 N–H and O–H groups in total. The standard InChI is InChI=1S/C14H17ClN4O2/c1-18(6-7-21-2)12-8-13(20)19(17-9-12)10-11-4-3-5-16-14(11)15/h3-5,8-9H,6-7,10H2,1-2H3. The number of methoxy groups -OCH3 is 1. The first-order valence-electron chi connectivity index (χ1n) is 6.48. The molecule has 0 bridgehead atoms. The number of ether oxygens (including phenoxy) is 1. The number of hydrogen-bond donors (Lipinski definition) is 0. The molecule has 0 unspecified atom stereocenters. The zero-order chi connectivity index (χ0) is 15.2. The molecular formula is C14H17ClN4O2. The summed E-state index contributed by atoms with van der Waals surface area (Å²) < 4.78 is 6.37. The molecule has 0 radical (unpaired) electrons. The van der Waals surface area contributed by atoms with Gasteiger partial charge in [0.1, 0.15) is 5.15 Å². The van der Waals surface area contributed by atoms with Gasteiger partial charge >= 0.3 is 0 Å². The summed E-state index contributed by atoms with van der Waals surface area (Å²) in [6, 6.07) is 5.15. The molecule has 112 valence electrons. The van der Waals surface area contributed by atoms with E-state index in [1.807, 2.05) is 18.0 Å². The average molecular weight is 309 g/mol. The predicted molar refractivity (Wildman–Crippen MR) is 82.0 cm³/mol. The summed E-state index contributed by atoms with van der Waals surface area (Å²) in [5.74, 6) is 0. The van der Waals surface area contributed by atoms with Crippen molar-refractivity contribution < 1.29 is 4.74 Å². The molecule has 2 aromatic heterocycles. The molecule has 2 aromatic rings. The Kier molecular flexibility index (Phi) is 5.30.